The largest absolute Gasteiger partial charge is 0.489 e. The zero-order valence-electron chi connectivity index (χ0n) is 12.1. The van der Waals surface area contributed by atoms with Crippen molar-refractivity contribution < 1.29 is 4.74 Å². The van der Waals surface area contributed by atoms with Crippen molar-refractivity contribution in [1.29, 1.82) is 0 Å². The Morgan fingerprint density at radius 1 is 0.857 bits per heavy atom. The molecule has 0 aliphatic heterocycles. The third-order valence-electron chi connectivity index (χ3n) is 3.45. The molecule has 106 valence electrons. The van der Waals surface area contributed by atoms with Gasteiger partial charge in [-0.05, 0) is 30.5 Å². The van der Waals surface area contributed by atoms with Crippen LogP contribution in [0.1, 0.15) is 6.92 Å². The lowest BCUT2D eigenvalue weighted by Gasteiger charge is -2.17. The summed E-state index contributed by atoms with van der Waals surface area (Å²) in [6.45, 7) is 2.84. The normalized spacial score (nSPS) is 12.0. The highest BCUT2D eigenvalue weighted by Crippen LogP contribution is 2.23. The van der Waals surface area contributed by atoms with Crippen LogP contribution in [0, 0.1) is 0 Å². The molecule has 0 heterocycles. The van der Waals surface area contributed by atoms with E-state index in [-0.39, 0.29) is 6.10 Å². The first-order chi connectivity index (χ1) is 10.3. The number of hydrogen-bond donors (Lipinski definition) is 1. The number of fused-ring (bicyclic) bond motifs is 1. The molecule has 0 bridgehead atoms. The van der Waals surface area contributed by atoms with E-state index in [2.05, 4.69) is 54.7 Å². The van der Waals surface area contributed by atoms with Gasteiger partial charge in [0.2, 0.25) is 0 Å². The molecule has 0 saturated heterocycles. The quantitative estimate of drug-likeness (QED) is 0.728. The summed E-state index contributed by atoms with van der Waals surface area (Å²) in [6, 6.07) is 24.6. The van der Waals surface area contributed by atoms with Crippen LogP contribution in [-0.4, -0.2) is 12.6 Å². The number of anilines is 1. The Bertz CT molecular complexity index is 704. The molecular formula is C19H19NO. The minimum atomic E-state index is 0.103. The molecule has 0 aliphatic carbocycles. The van der Waals surface area contributed by atoms with Gasteiger partial charge in [-0.15, -0.1) is 0 Å². The first-order valence-corrected chi connectivity index (χ1v) is 7.26. The molecule has 21 heavy (non-hydrogen) atoms. The molecule has 2 nitrogen and oxygen atoms in total. The molecule has 1 unspecified atom stereocenters. The van der Waals surface area contributed by atoms with Gasteiger partial charge in [0.1, 0.15) is 11.9 Å². The first-order valence-electron chi connectivity index (χ1n) is 7.26. The van der Waals surface area contributed by atoms with Gasteiger partial charge in [0.05, 0.1) is 6.54 Å². The van der Waals surface area contributed by atoms with Crippen molar-refractivity contribution in [2.24, 2.45) is 0 Å². The fourth-order valence-electron chi connectivity index (χ4n) is 2.41. The number of ether oxygens (including phenoxy) is 1. The topological polar surface area (TPSA) is 21.3 Å². The van der Waals surface area contributed by atoms with Crippen molar-refractivity contribution in [1.82, 2.24) is 0 Å². The van der Waals surface area contributed by atoms with Crippen molar-refractivity contribution in [3.63, 3.8) is 0 Å². The number of nitrogens with one attached hydrogen (secondary N) is 1. The number of benzene rings is 3. The molecule has 0 saturated carbocycles. The van der Waals surface area contributed by atoms with E-state index < -0.39 is 0 Å². The van der Waals surface area contributed by atoms with Gasteiger partial charge in [0.15, 0.2) is 0 Å². The lowest BCUT2D eigenvalue weighted by molar-refractivity contribution is 0.235. The van der Waals surface area contributed by atoms with Crippen LogP contribution >= 0.6 is 0 Å². The van der Waals surface area contributed by atoms with Crippen LogP contribution in [0.4, 0.5) is 5.69 Å². The summed E-state index contributed by atoms with van der Waals surface area (Å²) in [7, 11) is 0. The van der Waals surface area contributed by atoms with Crippen LogP contribution < -0.4 is 10.1 Å². The van der Waals surface area contributed by atoms with Crippen molar-refractivity contribution in [3.8, 4) is 5.75 Å². The predicted molar refractivity (Wildman–Crippen MR) is 89.0 cm³/mol. The molecule has 0 radical (unpaired) electrons. The minimum Gasteiger partial charge on any atom is -0.489 e. The third kappa shape index (κ3) is 3.34. The summed E-state index contributed by atoms with van der Waals surface area (Å²) in [5, 5.41) is 5.97. The van der Waals surface area contributed by atoms with Gasteiger partial charge >= 0.3 is 0 Å². The number of rotatable bonds is 5. The summed E-state index contributed by atoms with van der Waals surface area (Å²) in [6.07, 6.45) is 0.103. The highest BCUT2D eigenvalue weighted by Gasteiger charge is 2.05. The van der Waals surface area contributed by atoms with Crippen LogP contribution in [0.25, 0.3) is 10.8 Å². The molecule has 3 aromatic carbocycles. The van der Waals surface area contributed by atoms with E-state index in [0.717, 1.165) is 18.0 Å². The second-order valence-corrected chi connectivity index (χ2v) is 5.15. The molecule has 0 amide bonds. The molecule has 0 aliphatic rings. The van der Waals surface area contributed by atoms with E-state index in [4.69, 9.17) is 4.74 Å². The van der Waals surface area contributed by atoms with Crippen LogP contribution in [0.3, 0.4) is 0 Å². The summed E-state index contributed by atoms with van der Waals surface area (Å²) < 4.78 is 5.89. The number of hydrogen-bond acceptors (Lipinski definition) is 2. The zero-order valence-corrected chi connectivity index (χ0v) is 12.1. The summed E-state index contributed by atoms with van der Waals surface area (Å²) in [5.74, 6) is 0.907. The van der Waals surface area contributed by atoms with Crippen molar-refractivity contribution in [3.05, 3.63) is 72.8 Å². The molecule has 3 aromatic rings. The van der Waals surface area contributed by atoms with Gasteiger partial charge in [-0.3, -0.25) is 0 Å². The van der Waals surface area contributed by atoms with Gasteiger partial charge in [0.25, 0.3) is 0 Å². The van der Waals surface area contributed by atoms with Crippen LogP contribution in [0.5, 0.6) is 5.75 Å². The lowest BCUT2D eigenvalue weighted by atomic mass is 10.1. The number of para-hydroxylation sites is 1. The molecule has 1 N–H and O–H groups in total. The Labute approximate surface area is 125 Å². The maximum absolute atomic E-state index is 5.89. The SMILES string of the molecule is CC(CNc1cccc2ccccc12)Oc1ccccc1. The minimum absolute atomic E-state index is 0.103. The molecular weight excluding hydrogens is 258 g/mol. The van der Waals surface area contributed by atoms with Crippen molar-refractivity contribution in [2.75, 3.05) is 11.9 Å². The van der Waals surface area contributed by atoms with E-state index in [1.165, 1.54) is 10.8 Å². The van der Waals surface area contributed by atoms with Gasteiger partial charge in [-0.25, -0.2) is 0 Å². The summed E-state index contributed by atoms with van der Waals surface area (Å²) in [4.78, 5) is 0. The second kappa shape index (κ2) is 6.31. The maximum atomic E-state index is 5.89. The average Bonchev–Trinajstić information content (AvgIpc) is 2.54. The fourth-order valence-corrected chi connectivity index (χ4v) is 2.41. The van der Waals surface area contributed by atoms with E-state index in [0.29, 0.717) is 0 Å². The summed E-state index contributed by atoms with van der Waals surface area (Å²) in [5.41, 5.74) is 1.15. The monoisotopic (exact) mass is 277 g/mol. The summed E-state index contributed by atoms with van der Waals surface area (Å²) >= 11 is 0. The van der Waals surface area contributed by atoms with Crippen LogP contribution in [0.2, 0.25) is 0 Å². The van der Waals surface area contributed by atoms with E-state index in [9.17, 15) is 0 Å². The lowest BCUT2D eigenvalue weighted by Crippen LogP contribution is -2.22. The molecule has 0 aromatic heterocycles. The zero-order chi connectivity index (χ0) is 14.5. The Balaban J connectivity index is 1.66. The Hall–Kier alpha value is -2.48. The average molecular weight is 277 g/mol. The molecule has 1 atom stereocenters. The first kappa shape index (κ1) is 13.5. The standard InChI is InChI=1S/C19H19NO/c1-15(21-17-10-3-2-4-11-17)14-20-19-13-7-9-16-8-5-6-12-18(16)19/h2-13,15,20H,14H2,1H3. The highest BCUT2D eigenvalue weighted by molar-refractivity contribution is 5.93. The van der Waals surface area contributed by atoms with Crippen molar-refractivity contribution in [2.45, 2.75) is 13.0 Å². The molecule has 0 fully saturated rings. The highest BCUT2D eigenvalue weighted by atomic mass is 16.5. The van der Waals surface area contributed by atoms with E-state index in [1.54, 1.807) is 0 Å². The van der Waals surface area contributed by atoms with Crippen molar-refractivity contribution >= 4 is 16.5 Å². The van der Waals surface area contributed by atoms with Crippen LogP contribution in [0.15, 0.2) is 72.8 Å². The van der Waals surface area contributed by atoms with E-state index >= 15 is 0 Å². The Kier molecular flexibility index (Phi) is 4.06. The molecule has 3 rings (SSSR count). The van der Waals surface area contributed by atoms with Gasteiger partial charge < -0.3 is 10.1 Å². The van der Waals surface area contributed by atoms with Gasteiger partial charge in [-0.1, -0.05) is 54.6 Å². The molecule has 2 heteroatoms. The third-order valence-corrected chi connectivity index (χ3v) is 3.45. The van der Waals surface area contributed by atoms with Crippen LogP contribution in [-0.2, 0) is 0 Å². The molecule has 0 spiro atoms. The predicted octanol–water partition coefficient (Wildman–Crippen LogP) is 4.72. The maximum Gasteiger partial charge on any atom is 0.119 e. The van der Waals surface area contributed by atoms with E-state index in [1.807, 2.05) is 30.3 Å². The van der Waals surface area contributed by atoms with Gasteiger partial charge in [-0.2, -0.15) is 0 Å². The second-order valence-electron chi connectivity index (χ2n) is 5.15. The smallest absolute Gasteiger partial charge is 0.119 e. The Morgan fingerprint density at radius 2 is 1.57 bits per heavy atom. The Morgan fingerprint density at radius 3 is 2.43 bits per heavy atom. The van der Waals surface area contributed by atoms with Gasteiger partial charge in [0, 0.05) is 11.1 Å². The fraction of sp³-hybridized carbons (Fsp3) is 0.158.